The van der Waals surface area contributed by atoms with Gasteiger partial charge in [-0.25, -0.2) is 0 Å². The molecule has 0 aliphatic carbocycles. The zero-order chi connectivity index (χ0) is 15.4. The maximum atomic E-state index is 6.67. The number of alkyl halides is 1. The van der Waals surface area contributed by atoms with Gasteiger partial charge in [-0.15, -0.1) is 11.6 Å². The molecule has 2 aromatic carbocycles. The maximum Gasteiger partial charge on any atom is 0.127 e. The highest BCUT2D eigenvalue weighted by Crippen LogP contribution is 2.41. The quantitative estimate of drug-likeness (QED) is 0.769. The van der Waals surface area contributed by atoms with E-state index in [0.717, 1.165) is 22.4 Å². The lowest BCUT2D eigenvalue weighted by atomic mass is 10.0. The Hall–Kier alpha value is -1.87. The number of rotatable bonds is 5. The third kappa shape index (κ3) is 3.08. The van der Waals surface area contributed by atoms with E-state index in [9.17, 15) is 0 Å². The van der Waals surface area contributed by atoms with Crippen LogP contribution in [0.5, 0.6) is 17.2 Å². The van der Waals surface area contributed by atoms with Crippen molar-refractivity contribution in [2.45, 2.75) is 12.3 Å². The summed E-state index contributed by atoms with van der Waals surface area (Å²) in [5, 5.41) is -0.360. The molecular weight excluding hydrogens is 288 g/mol. The summed E-state index contributed by atoms with van der Waals surface area (Å²) in [6, 6.07) is 11.5. The second-order valence-electron chi connectivity index (χ2n) is 4.67. The van der Waals surface area contributed by atoms with Gasteiger partial charge in [-0.2, -0.15) is 0 Å². The number of methoxy groups -OCH3 is 3. The molecule has 0 N–H and O–H groups in total. The topological polar surface area (TPSA) is 27.7 Å². The monoisotopic (exact) mass is 306 g/mol. The lowest BCUT2D eigenvalue weighted by Gasteiger charge is -2.18. The number of halogens is 1. The summed E-state index contributed by atoms with van der Waals surface area (Å²) in [6.07, 6.45) is 0. The van der Waals surface area contributed by atoms with E-state index in [1.54, 1.807) is 21.3 Å². The number of ether oxygens (including phenoxy) is 3. The highest BCUT2D eigenvalue weighted by Gasteiger charge is 2.21. The van der Waals surface area contributed by atoms with Gasteiger partial charge >= 0.3 is 0 Å². The first-order valence-corrected chi connectivity index (χ1v) is 7.05. The van der Waals surface area contributed by atoms with Crippen molar-refractivity contribution < 1.29 is 14.2 Å². The van der Waals surface area contributed by atoms with E-state index in [1.165, 1.54) is 0 Å². The average Bonchev–Trinajstić information content (AvgIpc) is 2.53. The minimum atomic E-state index is -0.360. The molecular formula is C17H19ClO3. The standard InChI is InChI=1S/C17H19ClO3/c1-11-10-12(8-9-13(11)19-2)17(18)16-14(20-3)6-5-7-15(16)21-4/h5-10,17H,1-4H3. The Balaban J connectivity index is 2.49. The van der Waals surface area contributed by atoms with E-state index in [4.69, 9.17) is 25.8 Å². The van der Waals surface area contributed by atoms with Crippen LogP contribution in [-0.4, -0.2) is 21.3 Å². The Kier molecular flexibility index (Phi) is 4.97. The molecule has 0 heterocycles. The minimum absolute atomic E-state index is 0.360. The zero-order valence-electron chi connectivity index (χ0n) is 12.6. The maximum absolute atomic E-state index is 6.67. The summed E-state index contributed by atoms with van der Waals surface area (Å²) in [5.41, 5.74) is 2.83. The van der Waals surface area contributed by atoms with Gasteiger partial charge in [0.1, 0.15) is 17.2 Å². The predicted molar refractivity (Wildman–Crippen MR) is 85.0 cm³/mol. The average molecular weight is 307 g/mol. The van der Waals surface area contributed by atoms with Gasteiger partial charge in [-0.05, 0) is 36.2 Å². The first-order valence-electron chi connectivity index (χ1n) is 6.61. The van der Waals surface area contributed by atoms with Crippen molar-refractivity contribution in [3.63, 3.8) is 0 Å². The Morgan fingerprint density at radius 1 is 0.857 bits per heavy atom. The van der Waals surface area contributed by atoms with E-state index in [2.05, 4.69) is 0 Å². The van der Waals surface area contributed by atoms with Gasteiger partial charge in [0.15, 0.2) is 0 Å². The Morgan fingerprint density at radius 3 is 1.90 bits per heavy atom. The van der Waals surface area contributed by atoms with Crippen LogP contribution in [0.3, 0.4) is 0 Å². The van der Waals surface area contributed by atoms with E-state index in [-0.39, 0.29) is 5.38 Å². The molecule has 3 nitrogen and oxygen atoms in total. The van der Waals surface area contributed by atoms with Crippen LogP contribution < -0.4 is 14.2 Å². The van der Waals surface area contributed by atoms with E-state index in [1.807, 2.05) is 43.3 Å². The third-order valence-corrected chi connectivity index (χ3v) is 3.90. The molecule has 21 heavy (non-hydrogen) atoms. The minimum Gasteiger partial charge on any atom is -0.496 e. The van der Waals surface area contributed by atoms with Gasteiger partial charge in [0, 0.05) is 0 Å². The SMILES string of the molecule is COc1ccc(C(Cl)c2c(OC)cccc2OC)cc1C. The van der Waals surface area contributed by atoms with Crippen LogP contribution in [-0.2, 0) is 0 Å². The number of hydrogen-bond donors (Lipinski definition) is 0. The van der Waals surface area contributed by atoms with Crippen LogP contribution in [0.4, 0.5) is 0 Å². The molecule has 1 atom stereocenters. The van der Waals surface area contributed by atoms with Crippen molar-refractivity contribution in [1.82, 2.24) is 0 Å². The summed E-state index contributed by atoms with van der Waals surface area (Å²) in [7, 11) is 4.91. The van der Waals surface area contributed by atoms with E-state index >= 15 is 0 Å². The summed E-state index contributed by atoms with van der Waals surface area (Å²) in [4.78, 5) is 0. The highest BCUT2D eigenvalue weighted by molar-refractivity contribution is 6.23. The molecule has 2 rings (SSSR count). The van der Waals surface area contributed by atoms with Crippen molar-refractivity contribution in [3.05, 3.63) is 53.1 Å². The van der Waals surface area contributed by atoms with E-state index in [0.29, 0.717) is 11.5 Å². The van der Waals surface area contributed by atoms with Gasteiger partial charge in [0.25, 0.3) is 0 Å². The van der Waals surface area contributed by atoms with Crippen molar-refractivity contribution in [1.29, 1.82) is 0 Å². The third-order valence-electron chi connectivity index (χ3n) is 3.43. The molecule has 0 bridgehead atoms. The van der Waals surface area contributed by atoms with Gasteiger partial charge in [0.2, 0.25) is 0 Å². The van der Waals surface area contributed by atoms with Crippen molar-refractivity contribution in [2.24, 2.45) is 0 Å². The molecule has 0 saturated heterocycles. The molecule has 0 radical (unpaired) electrons. The summed E-state index contributed by atoms with van der Waals surface area (Å²) in [6.45, 7) is 1.99. The molecule has 0 saturated carbocycles. The first kappa shape index (κ1) is 15.5. The normalized spacial score (nSPS) is 11.9. The molecule has 4 heteroatoms. The van der Waals surface area contributed by atoms with Gasteiger partial charge in [-0.3, -0.25) is 0 Å². The highest BCUT2D eigenvalue weighted by atomic mass is 35.5. The smallest absolute Gasteiger partial charge is 0.127 e. The van der Waals surface area contributed by atoms with Gasteiger partial charge in [0.05, 0.1) is 32.3 Å². The fourth-order valence-electron chi connectivity index (χ4n) is 2.36. The first-order chi connectivity index (χ1) is 10.1. The Bertz CT molecular complexity index is 603. The lowest BCUT2D eigenvalue weighted by molar-refractivity contribution is 0.386. The number of hydrogen-bond acceptors (Lipinski definition) is 3. The second kappa shape index (κ2) is 6.72. The molecule has 0 spiro atoms. The second-order valence-corrected chi connectivity index (χ2v) is 5.10. The summed E-state index contributed by atoms with van der Waals surface area (Å²) < 4.78 is 16.1. The van der Waals surface area contributed by atoms with Crippen molar-refractivity contribution in [2.75, 3.05) is 21.3 Å². The number of aryl methyl sites for hydroxylation is 1. The van der Waals surface area contributed by atoms with Crippen LogP contribution in [0.25, 0.3) is 0 Å². The molecule has 0 fully saturated rings. The molecule has 0 aromatic heterocycles. The van der Waals surface area contributed by atoms with Crippen LogP contribution in [0.2, 0.25) is 0 Å². The van der Waals surface area contributed by atoms with Gasteiger partial charge < -0.3 is 14.2 Å². The lowest BCUT2D eigenvalue weighted by Crippen LogP contribution is -2.01. The van der Waals surface area contributed by atoms with E-state index < -0.39 is 0 Å². The van der Waals surface area contributed by atoms with Gasteiger partial charge in [-0.1, -0.05) is 18.2 Å². The molecule has 112 valence electrons. The molecule has 0 amide bonds. The fraction of sp³-hybridized carbons (Fsp3) is 0.294. The predicted octanol–water partition coefficient (Wildman–Crippen LogP) is 4.35. The van der Waals surface area contributed by atoms with Crippen molar-refractivity contribution in [3.8, 4) is 17.2 Å². The van der Waals surface area contributed by atoms with Crippen molar-refractivity contribution >= 4 is 11.6 Å². The zero-order valence-corrected chi connectivity index (χ0v) is 13.4. The molecule has 1 unspecified atom stereocenters. The number of benzene rings is 2. The van der Waals surface area contributed by atoms with Crippen LogP contribution in [0.15, 0.2) is 36.4 Å². The molecule has 0 aliphatic rings. The van der Waals surface area contributed by atoms with Crippen LogP contribution in [0.1, 0.15) is 22.1 Å². The fourth-order valence-corrected chi connectivity index (χ4v) is 2.71. The molecule has 0 aliphatic heterocycles. The Morgan fingerprint density at radius 2 is 1.43 bits per heavy atom. The Labute approximate surface area is 130 Å². The van der Waals surface area contributed by atoms with Crippen LogP contribution >= 0.6 is 11.6 Å². The largest absolute Gasteiger partial charge is 0.496 e. The summed E-state index contributed by atoms with van der Waals surface area (Å²) in [5.74, 6) is 2.26. The molecule has 2 aromatic rings. The van der Waals surface area contributed by atoms with Crippen LogP contribution in [0, 0.1) is 6.92 Å². The summed E-state index contributed by atoms with van der Waals surface area (Å²) >= 11 is 6.67.